The molecule has 0 N–H and O–H groups in total. The Hall–Kier alpha value is -3.71. The van der Waals surface area contributed by atoms with Gasteiger partial charge in [-0.25, -0.2) is 4.98 Å². The Morgan fingerprint density at radius 3 is 2.62 bits per heavy atom. The van der Waals surface area contributed by atoms with Gasteiger partial charge in [0.05, 0.1) is 36.7 Å². The van der Waals surface area contributed by atoms with Crippen molar-refractivity contribution in [3.05, 3.63) is 72.4 Å². The van der Waals surface area contributed by atoms with Crippen molar-refractivity contribution in [2.75, 3.05) is 37.7 Å². The lowest BCUT2D eigenvalue weighted by Gasteiger charge is -2.37. The third kappa shape index (κ3) is 4.07. The van der Waals surface area contributed by atoms with Crippen LogP contribution in [0, 0.1) is 0 Å². The molecular formula is C25H23N3O4. The van der Waals surface area contributed by atoms with Crippen molar-refractivity contribution in [3.8, 4) is 5.75 Å². The maximum Gasteiger partial charge on any atom is 0.265 e. The first-order valence-corrected chi connectivity index (χ1v) is 10.7. The molecule has 7 heteroatoms. The van der Waals surface area contributed by atoms with Gasteiger partial charge >= 0.3 is 0 Å². The minimum Gasteiger partial charge on any atom is -0.476 e. The van der Waals surface area contributed by atoms with Crippen LogP contribution >= 0.6 is 0 Å². The lowest BCUT2D eigenvalue weighted by Crippen LogP contribution is -2.53. The van der Waals surface area contributed by atoms with E-state index in [0.717, 1.165) is 10.9 Å². The van der Waals surface area contributed by atoms with E-state index < -0.39 is 6.10 Å². The van der Waals surface area contributed by atoms with Crippen molar-refractivity contribution in [2.45, 2.75) is 6.10 Å². The normalized spacial score (nSPS) is 18.4. The van der Waals surface area contributed by atoms with E-state index in [1.807, 2.05) is 54.6 Å². The molecule has 2 aliphatic heterocycles. The first-order valence-electron chi connectivity index (χ1n) is 10.7. The van der Waals surface area contributed by atoms with Gasteiger partial charge < -0.3 is 19.3 Å². The molecule has 162 valence electrons. The number of hydrogen-bond donors (Lipinski definition) is 0. The summed E-state index contributed by atoms with van der Waals surface area (Å²) in [5.41, 5.74) is 2.22. The molecule has 0 saturated carbocycles. The quantitative estimate of drug-likeness (QED) is 0.599. The summed E-state index contributed by atoms with van der Waals surface area (Å²) >= 11 is 0. The summed E-state index contributed by atoms with van der Waals surface area (Å²) in [5, 5.41) is 1.04. The molecule has 0 radical (unpaired) electrons. The number of benzene rings is 2. The van der Waals surface area contributed by atoms with Crippen molar-refractivity contribution in [2.24, 2.45) is 0 Å². The predicted molar refractivity (Wildman–Crippen MR) is 121 cm³/mol. The highest BCUT2D eigenvalue weighted by molar-refractivity contribution is 6.05. The van der Waals surface area contributed by atoms with Crippen LogP contribution in [0.2, 0.25) is 0 Å². The highest BCUT2D eigenvalue weighted by Gasteiger charge is 2.35. The smallest absolute Gasteiger partial charge is 0.265 e. The van der Waals surface area contributed by atoms with Crippen molar-refractivity contribution < 1.29 is 19.1 Å². The number of aromatic nitrogens is 1. The average molecular weight is 429 g/mol. The third-order valence-electron chi connectivity index (χ3n) is 5.65. The lowest BCUT2D eigenvalue weighted by atomic mass is 10.1. The number of nitrogens with zero attached hydrogens (tertiary/aromatic N) is 3. The summed E-state index contributed by atoms with van der Waals surface area (Å²) in [5.74, 6) is 0.173. The van der Waals surface area contributed by atoms with Gasteiger partial charge in [-0.2, -0.15) is 0 Å². The number of rotatable bonds is 3. The van der Waals surface area contributed by atoms with Crippen LogP contribution < -0.4 is 9.64 Å². The van der Waals surface area contributed by atoms with Crippen LogP contribution in [0.15, 0.2) is 66.7 Å². The Morgan fingerprint density at radius 1 is 0.969 bits per heavy atom. The molecule has 5 rings (SSSR count). The maximum absolute atomic E-state index is 13.2. The summed E-state index contributed by atoms with van der Waals surface area (Å²) in [6.07, 6.45) is 2.44. The zero-order chi connectivity index (χ0) is 21.9. The molecule has 1 atom stereocenters. The van der Waals surface area contributed by atoms with Gasteiger partial charge in [0.15, 0.2) is 6.10 Å². The Bertz CT molecular complexity index is 1190. The summed E-state index contributed by atoms with van der Waals surface area (Å²) in [6, 6.07) is 19.0. The SMILES string of the molecule is O=C(C1CN(C(=O)C=Cc2ccc3ccccc3n2)c2ccccc2O1)N1CCOCC1. The fraction of sp³-hybridized carbons (Fsp3) is 0.240. The first-order chi connectivity index (χ1) is 15.7. The van der Waals surface area contributed by atoms with Crippen LogP contribution in [0.1, 0.15) is 5.69 Å². The van der Waals surface area contributed by atoms with Crippen molar-refractivity contribution >= 4 is 34.5 Å². The Morgan fingerprint density at radius 2 is 1.75 bits per heavy atom. The molecule has 1 saturated heterocycles. The first kappa shape index (κ1) is 20.2. The zero-order valence-corrected chi connectivity index (χ0v) is 17.5. The fourth-order valence-corrected chi connectivity index (χ4v) is 3.98. The molecule has 3 aromatic rings. The van der Waals surface area contributed by atoms with Crippen LogP contribution in [0.3, 0.4) is 0 Å². The van der Waals surface area contributed by atoms with E-state index in [2.05, 4.69) is 4.98 Å². The highest BCUT2D eigenvalue weighted by atomic mass is 16.5. The molecule has 1 unspecified atom stereocenters. The molecule has 2 aromatic carbocycles. The molecule has 0 aliphatic carbocycles. The number of pyridine rings is 1. The van der Waals surface area contributed by atoms with E-state index in [1.54, 1.807) is 21.9 Å². The molecule has 3 heterocycles. The topological polar surface area (TPSA) is 72.0 Å². The second-order valence-corrected chi connectivity index (χ2v) is 7.72. The molecule has 1 fully saturated rings. The third-order valence-corrected chi connectivity index (χ3v) is 5.65. The highest BCUT2D eigenvalue weighted by Crippen LogP contribution is 2.34. The number of carbonyl (C=O) groups excluding carboxylic acids is 2. The number of carbonyl (C=O) groups is 2. The van der Waals surface area contributed by atoms with Gasteiger partial charge in [0, 0.05) is 24.6 Å². The Balaban J connectivity index is 1.38. The van der Waals surface area contributed by atoms with Crippen molar-refractivity contribution in [1.82, 2.24) is 9.88 Å². The van der Waals surface area contributed by atoms with Crippen molar-refractivity contribution in [1.29, 1.82) is 0 Å². The van der Waals surface area contributed by atoms with Gasteiger partial charge in [-0.05, 0) is 30.3 Å². The second kappa shape index (κ2) is 8.80. The summed E-state index contributed by atoms with van der Waals surface area (Å²) < 4.78 is 11.3. The van der Waals surface area contributed by atoms with Crippen molar-refractivity contribution in [3.63, 3.8) is 0 Å². The van der Waals surface area contributed by atoms with E-state index in [0.29, 0.717) is 43.4 Å². The monoisotopic (exact) mass is 429 g/mol. The summed E-state index contributed by atoms with van der Waals surface area (Å²) in [4.78, 5) is 34.1. The summed E-state index contributed by atoms with van der Waals surface area (Å²) in [7, 11) is 0. The van der Waals surface area contributed by atoms with E-state index in [-0.39, 0.29) is 18.4 Å². The standard InChI is InChI=1S/C25H23N3O4/c29-24(12-11-19-10-9-18-5-1-2-6-20(18)26-19)28-17-23(25(30)27-13-15-31-16-14-27)32-22-8-4-3-7-21(22)28/h1-12,23H,13-17H2. The van der Waals surface area contributed by atoms with Crippen LogP contribution in [-0.4, -0.2) is 60.7 Å². The number of fused-ring (bicyclic) bond motifs is 2. The van der Waals surface area contributed by atoms with Gasteiger partial charge in [-0.3, -0.25) is 9.59 Å². The molecule has 2 amide bonds. The predicted octanol–water partition coefficient (Wildman–Crippen LogP) is 2.90. The van der Waals surface area contributed by atoms with Crippen LogP contribution in [0.5, 0.6) is 5.75 Å². The largest absolute Gasteiger partial charge is 0.476 e. The van der Waals surface area contributed by atoms with Gasteiger partial charge in [-0.1, -0.05) is 36.4 Å². The summed E-state index contributed by atoms with van der Waals surface area (Å²) in [6.45, 7) is 2.24. The second-order valence-electron chi connectivity index (χ2n) is 7.72. The molecular weight excluding hydrogens is 406 g/mol. The molecule has 0 bridgehead atoms. The Labute approximate surface area is 185 Å². The van der Waals surface area contributed by atoms with Crippen LogP contribution in [0.4, 0.5) is 5.69 Å². The van der Waals surface area contributed by atoms with E-state index >= 15 is 0 Å². The minimum atomic E-state index is -0.751. The molecule has 2 aliphatic rings. The number of hydrogen-bond acceptors (Lipinski definition) is 5. The number of ether oxygens (including phenoxy) is 2. The van der Waals surface area contributed by atoms with Gasteiger partial charge in [0.1, 0.15) is 5.75 Å². The zero-order valence-electron chi connectivity index (χ0n) is 17.5. The van der Waals surface area contributed by atoms with Crippen LogP contribution in [-0.2, 0) is 14.3 Å². The fourth-order valence-electron chi connectivity index (χ4n) is 3.98. The molecule has 32 heavy (non-hydrogen) atoms. The lowest BCUT2D eigenvalue weighted by molar-refractivity contribution is -0.142. The maximum atomic E-state index is 13.2. The number of amides is 2. The molecule has 0 spiro atoms. The average Bonchev–Trinajstić information content (AvgIpc) is 2.86. The number of morpholine rings is 1. The van der Waals surface area contributed by atoms with Crippen LogP contribution in [0.25, 0.3) is 17.0 Å². The van der Waals surface area contributed by atoms with E-state index in [4.69, 9.17) is 9.47 Å². The molecule has 7 nitrogen and oxygen atoms in total. The van der Waals surface area contributed by atoms with Gasteiger partial charge in [0.2, 0.25) is 0 Å². The van der Waals surface area contributed by atoms with E-state index in [9.17, 15) is 9.59 Å². The van der Waals surface area contributed by atoms with Gasteiger partial charge in [0.25, 0.3) is 11.8 Å². The minimum absolute atomic E-state index is 0.124. The van der Waals surface area contributed by atoms with E-state index in [1.165, 1.54) is 6.08 Å². The Kier molecular flexibility index (Phi) is 5.56. The molecule has 1 aromatic heterocycles. The number of para-hydroxylation sites is 3. The van der Waals surface area contributed by atoms with Gasteiger partial charge in [-0.15, -0.1) is 0 Å². The number of anilines is 1.